The fourth-order valence-electron chi connectivity index (χ4n) is 2.00. The van der Waals surface area contributed by atoms with Gasteiger partial charge in [0.1, 0.15) is 5.69 Å². The standard InChI is InChI=1S/C18H20ClN3O2/c1-12(2)7-9-21-17(23)13-8-10-20-16(11-13)18(24)22-15-5-3-14(19)4-6-15/h3-6,8,10-12H,7,9H2,1-2H3,(H,21,23)(H,22,24). The summed E-state index contributed by atoms with van der Waals surface area (Å²) in [5.41, 5.74) is 1.20. The number of carbonyl (C=O) groups excluding carboxylic acids is 2. The molecular weight excluding hydrogens is 326 g/mol. The first-order valence-corrected chi connectivity index (χ1v) is 8.14. The van der Waals surface area contributed by atoms with Gasteiger partial charge in [-0.25, -0.2) is 0 Å². The molecule has 0 aliphatic heterocycles. The Morgan fingerprint density at radius 2 is 1.83 bits per heavy atom. The minimum Gasteiger partial charge on any atom is -0.352 e. The van der Waals surface area contributed by atoms with Gasteiger partial charge in [0.25, 0.3) is 11.8 Å². The van der Waals surface area contributed by atoms with Crippen LogP contribution in [0, 0.1) is 5.92 Å². The first-order valence-electron chi connectivity index (χ1n) is 7.77. The van der Waals surface area contributed by atoms with Gasteiger partial charge in [-0.1, -0.05) is 25.4 Å². The summed E-state index contributed by atoms with van der Waals surface area (Å²) in [6, 6.07) is 9.83. The van der Waals surface area contributed by atoms with E-state index in [1.54, 1.807) is 30.3 Å². The molecule has 5 nitrogen and oxygen atoms in total. The molecule has 2 rings (SSSR count). The quantitative estimate of drug-likeness (QED) is 0.837. The summed E-state index contributed by atoms with van der Waals surface area (Å²) in [6.45, 7) is 4.79. The SMILES string of the molecule is CC(C)CCNC(=O)c1ccnc(C(=O)Nc2ccc(Cl)cc2)c1. The summed E-state index contributed by atoms with van der Waals surface area (Å²) >= 11 is 5.81. The van der Waals surface area contributed by atoms with Gasteiger partial charge >= 0.3 is 0 Å². The summed E-state index contributed by atoms with van der Waals surface area (Å²) in [7, 11) is 0. The van der Waals surface area contributed by atoms with Gasteiger partial charge in [0.2, 0.25) is 0 Å². The number of hydrogen-bond donors (Lipinski definition) is 2. The number of pyridine rings is 1. The van der Waals surface area contributed by atoms with E-state index in [-0.39, 0.29) is 17.5 Å². The molecule has 1 aromatic carbocycles. The number of anilines is 1. The summed E-state index contributed by atoms with van der Waals surface area (Å²) in [5.74, 6) is -0.0730. The van der Waals surface area contributed by atoms with Crippen molar-refractivity contribution in [2.75, 3.05) is 11.9 Å². The second-order valence-corrected chi connectivity index (χ2v) is 6.27. The van der Waals surface area contributed by atoms with E-state index < -0.39 is 0 Å². The second-order valence-electron chi connectivity index (χ2n) is 5.83. The number of benzene rings is 1. The fourth-order valence-corrected chi connectivity index (χ4v) is 2.13. The minimum absolute atomic E-state index is 0.182. The number of carbonyl (C=O) groups is 2. The predicted octanol–water partition coefficient (Wildman–Crippen LogP) is 3.76. The molecule has 0 radical (unpaired) electrons. The fraction of sp³-hybridized carbons (Fsp3) is 0.278. The number of halogens is 1. The molecule has 1 aromatic heterocycles. The lowest BCUT2D eigenvalue weighted by Gasteiger charge is -2.08. The molecule has 6 heteroatoms. The van der Waals surface area contributed by atoms with Crippen molar-refractivity contribution in [3.63, 3.8) is 0 Å². The highest BCUT2D eigenvalue weighted by atomic mass is 35.5. The Hall–Kier alpha value is -2.40. The number of amides is 2. The van der Waals surface area contributed by atoms with Crippen LogP contribution in [0.1, 0.15) is 41.1 Å². The van der Waals surface area contributed by atoms with Gasteiger partial charge in [0.05, 0.1) is 0 Å². The van der Waals surface area contributed by atoms with Gasteiger partial charge < -0.3 is 10.6 Å². The number of nitrogens with one attached hydrogen (secondary N) is 2. The van der Waals surface area contributed by atoms with E-state index in [2.05, 4.69) is 29.5 Å². The zero-order chi connectivity index (χ0) is 17.5. The molecule has 2 aromatic rings. The average Bonchev–Trinajstić information content (AvgIpc) is 2.56. The zero-order valence-electron chi connectivity index (χ0n) is 13.7. The third-order valence-corrected chi connectivity index (χ3v) is 3.62. The summed E-state index contributed by atoms with van der Waals surface area (Å²) in [4.78, 5) is 28.4. The van der Waals surface area contributed by atoms with Crippen molar-refractivity contribution in [2.24, 2.45) is 5.92 Å². The van der Waals surface area contributed by atoms with Gasteiger partial charge in [-0.2, -0.15) is 0 Å². The predicted molar refractivity (Wildman–Crippen MR) is 95.4 cm³/mol. The molecule has 0 bridgehead atoms. The van der Waals surface area contributed by atoms with Gasteiger partial charge in [-0.05, 0) is 48.7 Å². The molecule has 0 saturated heterocycles. The van der Waals surface area contributed by atoms with E-state index in [1.807, 2.05) is 0 Å². The minimum atomic E-state index is -0.380. The van der Waals surface area contributed by atoms with Gasteiger partial charge in [-0.3, -0.25) is 14.6 Å². The van der Waals surface area contributed by atoms with Crippen molar-refractivity contribution in [1.82, 2.24) is 10.3 Å². The summed E-state index contributed by atoms with van der Waals surface area (Å²) in [6.07, 6.45) is 2.36. The van der Waals surface area contributed by atoms with Crippen LogP contribution in [-0.2, 0) is 0 Å². The Bertz CT molecular complexity index is 714. The van der Waals surface area contributed by atoms with Crippen LogP contribution < -0.4 is 10.6 Å². The normalized spacial score (nSPS) is 10.5. The molecule has 0 fully saturated rings. The maximum atomic E-state index is 12.2. The van der Waals surface area contributed by atoms with Gasteiger partial charge in [0, 0.05) is 29.0 Å². The van der Waals surface area contributed by atoms with E-state index in [9.17, 15) is 9.59 Å². The Balaban J connectivity index is 2.02. The van der Waals surface area contributed by atoms with Crippen LogP contribution in [0.15, 0.2) is 42.6 Å². The van der Waals surface area contributed by atoms with E-state index in [0.29, 0.717) is 28.7 Å². The largest absolute Gasteiger partial charge is 0.352 e. The Morgan fingerprint density at radius 1 is 1.12 bits per heavy atom. The zero-order valence-corrected chi connectivity index (χ0v) is 14.4. The lowest BCUT2D eigenvalue weighted by Crippen LogP contribution is -2.26. The molecular formula is C18H20ClN3O2. The Kier molecular flexibility index (Phi) is 6.32. The van der Waals surface area contributed by atoms with Crippen molar-refractivity contribution in [2.45, 2.75) is 20.3 Å². The van der Waals surface area contributed by atoms with E-state index in [1.165, 1.54) is 12.3 Å². The lowest BCUT2D eigenvalue weighted by atomic mass is 10.1. The van der Waals surface area contributed by atoms with Crippen molar-refractivity contribution in [1.29, 1.82) is 0 Å². The maximum absolute atomic E-state index is 12.2. The Labute approximate surface area is 146 Å². The monoisotopic (exact) mass is 345 g/mol. The Morgan fingerprint density at radius 3 is 2.50 bits per heavy atom. The molecule has 126 valence electrons. The highest BCUT2D eigenvalue weighted by Crippen LogP contribution is 2.14. The van der Waals surface area contributed by atoms with Crippen molar-refractivity contribution in [3.05, 3.63) is 58.9 Å². The van der Waals surface area contributed by atoms with Gasteiger partial charge in [0.15, 0.2) is 0 Å². The smallest absolute Gasteiger partial charge is 0.274 e. The first-order chi connectivity index (χ1) is 11.5. The summed E-state index contributed by atoms with van der Waals surface area (Å²) < 4.78 is 0. The van der Waals surface area contributed by atoms with E-state index >= 15 is 0 Å². The molecule has 24 heavy (non-hydrogen) atoms. The molecule has 0 atom stereocenters. The van der Waals surface area contributed by atoms with Crippen molar-refractivity contribution < 1.29 is 9.59 Å². The maximum Gasteiger partial charge on any atom is 0.274 e. The molecule has 1 heterocycles. The topological polar surface area (TPSA) is 71.1 Å². The average molecular weight is 346 g/mol. The second kappa shape index (κ2) is 8.45. The number of hydrogen-bond acceptors (Lipinski definition) is 3. The van der Waals surface area contributed by atoms with Crippen LogP contribution in [0.4, 0.5) is 5.69 Å². The van der Waals surface area contributed by atoms with Crippen LogP contribution in [0.25, 0.3) is 0 Å². The summed E-state index contributed by atoms with van der Waals surface area (Å²) in [5, 5.41) is 6.15. The third kappa shape index (κ3) is 5.35. The molecule has 2 N–H and O–H groups in total. The molecule has 0 unspecified atom stereocenters. The first kappa shape index (κ1) is 17.9. The molecule has 0 aliphatic carbocycles. The third-order valence-electron chi connectivity index (χ3n) is 3.36. The number of nitrogens with zero attached hydrogens (tertiary/aromatic N) is 1. The molecule has 2 amide bonds. The molecule has 0 saturated carbocycles. The van der Waals surface area contributed by atoms with Crippen molar-refractivity contribution in [3.8, 4) is 0 Å². The number of aromatic nitrogens is 1. The molecule has 0 aliphatic rings. The van der Waals surface area contributed by atoms with Gasteiger partial charge in [-0.15, -0.1) is 0 Å². The molecule has 0 spiro atoms. The highest BCUT2D eigenvalue weighted by Gasteiger charge is 2.12. The van der Waals surface area contributed by atoms with Crippen LogP contribution >= 0.6 is 11.6 Å². The lowest BCUT2D eigenvalue weighted by molar-refractivity contribution is 0.0952. The van der Waals surface area contributed by atoms with Crippen molar-refractivity contribution >= 4 is 29.1 Å². The van der Waals surface area contributed by atoms with E-state index in [0.717, 1.165) is 6.42 Å². The van der Waals surface area contributed by atoms with E-state index in [4.69, 9.17) is 11.6 Å². The van der Waals surface area contributed by atoms with Crippen LogP contribution in [0.2, 0.25) is 5.02 Å². The van der Waals surface area contributed by atoms with Crippen LogP contribution in [0.3, 0.4) is 0 Å². The number of rotatable bonds is 6. The van der Waals surface area contributed by atoms with Crippen LogP contribution in [0.5, 0.6) is 0 Å². The van der Waals surface area contributed by atoms with Crippen LogP contribution in [-0.4, -0.2) is 23.3 Å². The highest BCUT2D eigenvalue weighted by molar-refractivity contribution is 6.30.